The van der Waals surface area contributed by atoms with Crippen molar-refractivity contribution in [2.75, 3.05) is 6.61 Å². The average Bonchev–Trinajstić information content (AvgIpc) is 2.77. The van der Waals surface area contributed by atoms with Gasteiger partial charge < -0.3 is 4.74 Å². The van der Waals surface area contributed by atoms with E-state index in [9.17, 15) is 4.39 Å². The number of nitrogens with two attached hydrogens (primary N) is 1. The SMILES string of the molecule is Cc1cc(F)cc(C(CC2CCCO2)NN)c1. The highest BCUT2D eigenvalue weighted by atomic mass is 19.1. The van der Waals surface area contributed by atoms with Crippen LogP contribution in [0.2, 0.25) is 0 Å². The van der Waals surface area contributed by atoms with Crippen molar-refractivity contribution in [2.24, 2.45) is 5.84 Å². The molecule has 0 spiro atoms. The smallest absolute Gasteiger partial charge is 0.123 e. The van der Waals surface area contributed by atoms with Crippen LogP contribution in [0.25, 0.3) is 0 Å². The molecule has 1 aromatic rings. The van der Waals surface area contributed by atoms with Gasteiger partial charge in [-0.05, 0) is 49.4 Å². The van der Waals surface area contributed by atoms with E-state index in [-0.39, 0.29) is 18.0 Å². The number of nitrogens with one attached hydrogen (secondary N) is 1. The molecule has 1 heterocycles. The quantitative estimate of drug-likeness (QED) is 0.624. The van der Waals surface area contributed by atoms with Crippen molar-refractivity contribution < 1.29 is 9.13 Å². The van der Waals surface area contributed by atoms with Gasteiger partial charge in [0, 0.05) is 12.6 Å². The third kappa shape index (κ3) is 3.25. The number of rotatable bonds is 4. The molecule has 2 unspecified atom stereocenters. The number of hydrogen-bond donors (Lipinski definition) is 2. The zero-order valence-corrected chi connectivity index (χ0v) is 10.1. The normalized spacial score (nSPS) is 21.7. The largest absolute Gasteiger partial charge is 0.378 e. The van der Waals surface area contributed by atoms with E-state index < -0.39 is 0 Å². The summed E-state index contributed by atoms with van der Waals surface area (Å²) in [5.41, 5.74) is 4.55. The van der Waals surface area contributed by atoms with E-state index in [0.717, 1.165) is 37.0 Å². The molecule has 0 radical (unpaired) electrons. The van der Waals surface area contributed by atoms with Gasteiger partial charge in [0.1, 0.15) is 5.82 Å². The number of ether oxygens (including phenoxy) is 1. The van der Waals surface area contributed by atoms with Gasteiger partial charge in [-0.3, -0.25) is 11.3 Å². The molecule has 1 aliphatic heterocycles. The van der Waals surface area contributed by atoms with Gasteiger partial charge in [0.2, 0.25) is 0 Å². The summed E-state index contributed by atoms with van der Waals surface area (Å²) in [7, 11) is 0. The molecular formula is C13H19FN2O. The van der Waals surface area contributed by atoms with Gasteiger partial charge >= 0.3 is 0 Å². The fourth-order valence-electron chi connectivity index (χ4n) is 2.36. The van der Waals surface area contributed by atoms with Crippen LogP contribution in [0, 0.1) is 12.7 Å². The summed E-state index contributed by atoms with van der Waals surface area (Å²) in [6.45, 7) is 2.70. The third-order valence-electron chi connectivity index (χ3n) is 3.19. The fourth-order valence-corrected chi connectivity index (χ4v) is 2.36. The maximum atomic E-state index is 13.3. The highest BCUT2D eigenvalue weighted by Gasteiger charge is 2.21. The lowest BCUT2D eigenvalue weighted by Gasteiger charge is -2.20. The van der Waals surface area contributed by atoms with Crippen LogP contribution in [0.15, 0.2) is 18.2 Å². The maximum absolute atomic E-state index is 13.3. The standard InChI is InChI=1S/C13H19FN2O/c1-9-5-10(7-11(14)6-9)13(16-15)8-12-3-2-4-17-12/h5-7,12-13,16H,2-4,8,15H2,1H3. The molecular weight excluding hydrogens is 219 g/mol. The van der Waals surface area contributed by atoms with E-state index in [1.54, 1.807) is 0 Å². The van der Waals surface area contributed by atoms with Crippen LogP contribution in [-0.2, 0) is 4.74 Å². The van der Waals surface area contributed by atoms with Gasteiger partial charge in [-0.15, -0.1) is 0 Å². The zero-order valence-electron chi connectivity index (χ0n) is 10.1. The van der Waals surface area contributed by atoms with Crippen molar-refractivity contribution in [2.45, 2.75) is 38.3 Å². The van der Waals surface area contributed by atoms with Crippen LogP contribution in [0.3, 0.4) is 0 Å². The van der Waals surface area contributed by atoms with Crippen molar-refractivity contribution in [3.63, 3.8) is 0 Å². The number of halogens is 1. The Hall–Kier alpha value is -0.970. The summed E-state index contributed by atoms with van der Waals surface area (Å²) in [5, 5.41) is 0. The molecule has 0 aromatic heterocycles. The average molecular weight is 238 g/mol. The van der Waals surface area contributed by atoms with Crippen molar-refractivity contribution in [1.82, 2.24) is 5.43 Å². The van der Waals surface area contributed by atoms with Gasteiger partial charge in [0.15, 0.2) is 0 Å². The minimum absolute atomic E-state index is 0.0486. The first-order chi connectivity index (χ1) is 8.19. The van der Waals surface area contributed by atoms with Crippen LogP contribution in [0.1, 0.15) is 36.4 Å². The van der Waals surface area contributed by atoms with Gasteiger partial charge in [0.05, 0.1) is 6.10 Å². The van der Waals surface area contributed by atoms with Gasteiger partial charge in [-0.2, -0.15) is 0 Å². The predicted octanol–water partition coefficient (Wildman–Crippen LogP) is 2.21. The first-order valence-corrected chi connectivity index (χ1v) is 6.04. The summed E-state index contributed by atoms with van der Waals surface area (Å²) in [4.78, 5) is 0. The topological polar surface area (TPSA) is 47.3 Å². The third-order valence-corrected chi connectivity index (χ3v) is 3.19. The van der Waals surface area contributed by atoms with Crippen LogP contribution < -0.4 is 11.3 Å². The van der Waals surface area contributed by atoms with Crippen molar-refractivity contribution >= 4 is 0 Å². The number of hydrazine groups is 1. The summed E-state index contributed by atoms with van der Waals surface area (Å²) < 4.78 is 18.9. The molecule has 1 aliphatic rings. The Kier molecular flexibility index (Phi) is 4.10. The molecule has 0 amide bonds. The number of aryl methyl sites for hydroxylation is 1. The molecule has 0 bridgehead atoms. The molecule has 0 aliphatic carbocycles. The summed E-state index contributed by atoms with van der Waals surface area (Å²) in [6.07, 6.45) is 3.19. The highest BCUT2D eigenvalue weighted by molar-refractivity contribution is 5.26. The van der Waals surface area contributed by atoms with Crippen molar-refractivity contribution in [3.8, 4) is 0 Å². The first kappa shape index (κ1) is 12.5. The second-order valence-corrected chi connectivity index (χ2v) is 4.65. The van der Waals surface area contributed by atoms with Crippen LogP contribution in [0.4, 0.5) is 4.39 Å². The Morgan fingerprint density at radius 2 is 2.35 bits per heavy atom. The zero-order chi connectivity index (χ0) is 12.3. The van der Waals surface area contributed by atoms with Crippen LogP contribution >= 0.6 is 0 Å². The molecule has 1 aromatic carbocycles. The summed E-state index contributed by atoms with van der Waals surface area (Å²) >= 11 is 0. The Morgan fingerprint density at radius 3 is 2.94 bits per heavy atom. The van der Waals surface area contributed by atoms with Gasteiger partial charge in [0.25, 0.3) is 0 Å². The van der Waals surface area contributed by atoms with E-state index >= 15 is 0 Å². The number of benzene rings is 1. The van der Waals surface area contributed by atoms with E-state index in [1.807, 2.05) is 13.0 Å². The fraction of sp³-hybridized carbons (Fsp3) is 0.538. The lowest BCUT2D eigenvalue weighted by atomic mass is 9.98. The number of hydrogen-bond acceptors (Lipinski definition) is 3. The van der Waals surface area contributed by atoms with E-state index in [2.05, 4.69) is 5.43 Å². The summed E-state index contributed by atoms with van der Waals surface area (Å²) in [6, 6.07) is 4.96. The second-order valence-electron chi connectivity index (χ2n) is 4.65. The van der Waals surface area contributed by atoms with Crippen LogP contribution in [-0.4, -0.2) is 12.7 Å². The summed E-state index contributed by atoms with van der Waals surface area (Å²) in [5.74, 6) is 5.34. The molecule has 1 saturated heterocycles. The lowest BCUT2D eigenvalue weighted by molar-refractivity contribution is 0.0945. The second kappa shape index (κ2) is 5.58. The highest BCUT2D eigenvalue weighted by Crippen LogP contribution is 2.25. The van der Waals surface area contributed by atoms with Crippen molar-refractivity contribution in [1.29, 1.82) is 0 Å². The van der Waals surface area contributed by atoms with E-state index in [1.165, 1.54) is 12.1 Å². The molecule has 3 N–H and O–H groups in total. The minimum Gasteiger partial charge on any atom is -0.378 e. The predicted molar refractivity (Wildman–Crippen MR) is 64.8 cm³/mol. The molecule has 2 rings (SSSR count). The molecule has 3 nitrogen and oxygen atoms in total. The molecule has 0 saturated carbocycles. The molecule has 17 heavy (non-hydrogen) atoms. The molecule has 1 fully saturated rings. The monoisotopic (exact) mass is 238 g/mol. The Morgan fingerprint density at radius 1 is 1.53 bits per heavy atom. The van der Waals surface area contributed by atoms with Crippen molar-refractivity contribution in [3.05, 3.63) is 35.1 Å². The minimum atomic E-state index is -0.215. The Labute approximate surface area is 101 Å². The maximum Gasteiger partial charge on any atom is 0.123 e. The van der Waals surface area contributed by atoms with Gasteiger partial charge in [-0.1, -0.05) is 6.07 Å². The molecule has 94 valence electrons. The molecule has 2 atom stereocenters. The van der Waals surface area contributed by atoms with E-state index in [0.29, 0.717) is 0 Å². The van der Waals surface area contributed by atoms with Gasteiger partial charge in [-0.25, -0.2) is 4.39 Å². The Balaban J connectivity index is 2.10. The first-order valence-electron chi connectivity index (χ1n) is 6.04. The lowest BCUT2D eigenvalue weighted by Crippen LogP contribution is -2.31. The molecule has 4 heteroatoms. The van der Waals surface area contributed by atoms with Crippen LogP contribution in [0.5, 0.6) is 0 Å². The van der Waals surface area contributed by atoms with E-state index in [4.69, 9.17) is 10.6 Å². The Bertz CT molecular complexity index is 357.